The van der Waals surface area contributed by atoms with Crippen molar-refractivity contribution in [2.75, 3.05) is 12.3 Å². The Bertz CT molecular complexity index is 436. The van der Waals surface area contributed by atoms with E-state index in [4.69, 9.17) is 0 Å². The lowest BCUT2D eigenvalue weighted by Gasteiger charge is -2.43. The number of rotatable bonds is 5. The van der Waals surface area contributed by atoms with Crippen LogP contribution in [0.4, 0.5) is 0 Å². The first kappa shape index (κ1) is 15.3. The lowest BCUT2D eigenvalue weighted by Crippen LogP contribution is -2.51. The summed E-state index contributed by atoms with van der Waals surface area (Å²) < 4.78 is 23.7. The standard InChI is InChI=1S/C15H29NO2S/c1-11(2)19(17,18)9-8-16-13-14(3,4)12-6-7-15(13,5)10-12/h11-13,16H,6-10H2,1-5H3. The summed E-state index contributed by atoms with van der Waals surface area (Å²) in [4.78, 5) is 0. The fourth-order valence-corrected chi connectivity index (χ4v) is 5.27. The third-order valence-electron chi connectivity index (χ3n) is 5.72. The summed E-state index contributed by atoms with van der Waals surface area (Å²) in [6.07, 6.45) is 3.93. The fourth-order valence-electron chi connectivity index (χ4n) is 4.39. The van der Waals surface area contributed by atoms with E-state index in [0.717, 1.165) is 5.92 Å². The van der Waals surface area contributed by atoms with E-state index in [1.165, 1.54) is 19.3 Å². The molecule has 0 amide bonds. The molecule has 0 aromatic rings. The second-order valence-corrected chi connectivity index (χ2v) is 10.4. The first-order valence-corrected chi connectivity index (χ1v) is 9.26. The summed E-state index contributed by atoms with van der Waals surface area (Å²) in [7, 11) is -2.92. The molecule has 3 atom stereocenters. The highest BCUT2D eigenvalue weighted by molar-refractivity contribution is 7.92. The first-order chi connectivity index (χ1) is 8.59. The highest BCUT2D eigenvalue weighted by atomic mass is 32.2. The van der Waals surface area contributed by atoms with Crippen molar-refractivity contribution >= 4 is 9.84 Å². The second-order valence-electron chi connectivity index (χ2n) is 7.72. The molecule has 2 aliphatic carbocycles. The molecule has 0 heterocycles. The lowest BCUT2D eigenvalue weighted by molar-refractivity contribution is 0.111. The van der Waals surface area contributed by atoms with E-state index in [1.54, 1.807) is 13.8 Å². The first-order valence-electron chi connectivity index (χ1n) is 7.54. The van der Waals surface area contributed by atoms with Gasteiger partial charge in [-0.2, -0.15) is 0 Å². The van der Waals surface area contributed by atoms with Gasteiger partial charge in [0.15, 0.2) is 9.84 Å². The van der Waals surface area contributed by atoms with Crippen LogP contribution in [-0.4, -0.2) is 32.0 Å². The van der Waals surface area contributed by atoms with Crippen molar-refractivity contribution in [3.8, 4) is 0 Å². The molecule has 2 saturated carbocycles. The van der Waals surface area contributed by atoms with Crippen LogP contribution in [0.15, 0.2) is 0 Å². The molecule has 2 rings (SSSR count). The zero-order chi connectivity index (χ0) is 14.5. The van der Waals surface area contributed by atoms with Gasteiger partial charge in [-0.3, -0.25) is 0 Å². The Hall–Kier alpha value is -0.0900. The van der Waals surface area contributed by atoms with E-state index in [1.807, 2.05) is 0 Å². The van der Waals surface area contributed by atoms with Gasteiger partial charge >= 0.3 is 0 Å². The zero-order valence-electron chi connectivity index (χ0n) is 13.0. The van der Waals surface area contributed by atoms with Gasteiger partial charge < -0.3 is 5.32 Å². The van der Waals surface area contributed by atoms with Gasteiger partial charge in [0.25, 0.3) is 0 Å². The predicted molar refractivity (Wildman–Crippen MR) is 79.9 cm³/mol. The van der Waals surface area contributed by atoms with Gasteiger partial charge in [-0.05, 0) is 49.9 Å². The monoisotopic (exact) mass is 287 g/mol. The van der Waals surface area contributed by atoms with Crippen LogP contribution in [0.25, 0.3) is 0 Å². The summed E-state index contributed by atoms with van der Waals surface area (Å²) in [5.74, 6) is 1.06. The molecule has 0 radical (unpaired) electrons. The van der Waals surface area contributed by atoms with Crippen LogP contribution in [0.5, 0.6) is 0 Å². The second kappa shape index (κ2) is 4.73. The Morgan fingerprint density at radius 2 is 1.89 bits per heavy atom. The van der Waals surface area contributed by atoms with E-state index in [-0.39, 0.29) is 11.0 Å². The molecular formula is C15H29NO2S. The molecule has 0 spiro atoms. The van der Waals surface area contributed by atoms with Crippen LogP contribution >= 0.6 is 0 Å². The third-order valence-corrected chi connectivity index (χ3v) is 7.93. The Labute approximate surface area is 118 Å². The number of hydrogen-bond donors (Lipinski definition) is 1. The molecule has 19 heavy (non-hydrogen) atoms. The maximum atomic E-state index is 11.9. The number of nitrogens with one attached hydrogen (secondary N) is 1. The number of fused-ring (bicyclic) bond motifs is 2. The zero-order valence-corrected chi connectivity index (χ0v) is 13.8. The van der Waals surface area contributed by atoms with Gasteiger partial charge in [0, 0.05) is 12.6 Å². The van der Waals surface area contributed by atoms with Gasteiger partial charge in [0.05, 0.1) is 11.0 Å². The van der Waals surface area contributed by atoms with E-state index >= 15 is 0 Å². The van der Waals surface area contributed by atoms with Crippen LogP contribution in [0.2, 0.25) is 0 Å². The van der Waals surface area contributed by atoms with Crippen LogP contribution in [0, 0.1) is 16.7 Å². The van der Waals surface area contributed by atoms with E-state index in [2.05, 4.69) is 26.1 Å². The summed E-state index contributed by atoms with van der Waals surface area (Å²) in [5, 5.41) is 3.31. The Kier molecular flexibility index (Phi) is 3.81. The maximum Gasteiger partial charge on any atom is 0.153 e. The molecule has 2 fully saturated rings. The molecule has 0 aromatic heterocycles. The SMILES string of the molecule is CC(C)S(=O)(=O)CCNC1C2(C)CCC(C2)C1(C)C. The van der Waals surface area contributed by atoms with Crippen LogP contribution in [-0.2, 0) is 9.84 Å². The van der Waals surface area contributed by atoms with Crippen LogP contribution < -0.4 is 5.32 Å². The van der Waals surface area contributed by atoms with Gasteiger partial charge in [-0.25, -0.2) is 8.42 Å². The molecule has 2 bridgehead atoms. The lowest BCUT2D eigenvalue weighted by atomic mass is 9.68. The number of sulfone groups is 1. The Balaban J connectivity index is 1.97. The highest BCUT2D eigenvalue weighted by Crippen LogP contribution is 2.62. The average Bonchev–Trinajstić information content (AvgIpc) is 2.74. The largest absolute Gasteiger partial charge is 0.312 e. The quantitative estimate of drug-likeness (QED) is 0.845. The van der Waals surface area contributed by atoms with Crippen molar-refractivity contribution in [3.05, 3.63) is 0 Å². The highest BCUT2D eigenvalue weighted by Gasteiger charge is 2.58. The summed E-state index contributed by atoms with van der Waals surface area (Å²) >= 11 is 0. The van der Waals surface area contributed by atoms with Crippen molar-refractivity contribution in [1.29, 1.82) is 0 Å². The van der Waals surface area contributed by atoms with Crippen LogP contribution in [0.1, 0.15) is 53.9 Å². The van der Waals surface area contributed by atoms with Crippen molar-refractivity contribution in [1.82, 2.24) is 5.32 Å². The predicted octanol–water partition coefficient (Wildman–Crippen LogP) is 2.61. The van der Waals surface area contributed by atoms with Gasteiger partial charge in [-0.1, -0.05) is 20.8 Å². The smallest absolute Gasteiger partial charge is 0.153 e. The minimum Gasteiger partial charge on any atom is -0.312 e. The number of hydrogen-bond acceptors (Lipinski definition) is 3. The summed E-state index contributed by atoms with van der Waals surface area (Å²) in [6.45, 7) is 11.2. The Morgan fingerprint density at radius 3 is 2.37 bits per heavy atom. The molecule has 2 aliphatic rings. The summed E-state index contributed by atoms with van der Waals surface area (Å²) in [5.41, 5.74) is 0.671. The average molecular weight is 287 g/mol. The molecule has 0 saturated heterocycles. The van der Waals surface area contributed by atoms with E-state index in [0.29, 0.717) is 23.4 Å². The maximum absolute atomic E-state index is 11.9. The molecule has 3 nitrogen and oxygen atoms in total. The van der Waals surface area contributed by atoms with Crippen molar-refractivity contribution in [3.63, 3.8) is 0 Å². The summed E-state index contributed by atoms with van der Waals surface area (Å²) in [6, 6.07) is 0.459. The topological polar surface area (TPSA) is 46.2 Å². The minimum atomic E-state index is -2.92. The van der Waals surface area contributed by atoms with Gasteiger partial charge in [-0.15, -0.1) is 0 Å². The molecule has 0 aromatic carbocycles. The molecule has 4 heteroatoms. The normalized spacial score (nSPS) is 37.2. The molecule has 1 N–H and O–H groups in total. The fraction of sp³-hybridized carbons (Fsp3) is 1.00. The third kappa shape index (κ3) is 2.58. The Morgan fingerprint density at radius 1 is 1.26 bits per heavy atom. The van der Waals surface area contributed by atoms with Crippen molar-refractivity contribution in [2.45, 2.75) is 65.2 Å². The van der Waals surface area contributed by atoms with Crippen LogP contribution in [0.3, 0.4) is 0 Å². The molecule has 0 aliphatic heterocycles. The van der Waals surface area contributed by atoms with Gasteiger partial charge in [0.1, 0.15) is 0 Å². The molecular weight excluding hydrogens is 258 g/mol. The van der Waals surface area contributed by atoms with Crippen molar-refractivity contribution in [2.24, 2.45) is 16.7 Å². The van der Waals surface area contributed by atoms with E-state index < -0.39 is 9.84 Å². The molecule has 112 valence electrons. The van der Waals surface area contributed by atoms with E-state index in [9.17, 15) is 8.42 Å². The van der Waals surface area contributed by atoms with Crippen molar-refractivity contribution < 1.29 is 8.42 Å². The minimum absolute atomic E-state index is 0.262. The van der Waals surface area contributed by atoms with Gasteiger partial charge in [0.2, 0.25) is 0 Å². The molecule has 3 unspecified atom stereocenters.